The van der Waals surface area contributed by atoms with Crippen molar-refractivity contribution in [1.82, 2.24) is 14.6 Å². The van der Waals surface area contributed by atoms with Crippen LogP contribution in [-0.4, -0.2) is 55.2 Å². The van der Waals surface area contributed by atoms with Crippen LogP contribution in [0.25, 0.3) is 10.9 Å². The summed E-state index contributed by atoms with van der Waals surface area (Å²) in [7, 11) is -4.11. The molecule has 0 saturated carbocycles. The molecule has 2 aromatic carbocycles. The first-order valence-electron chi connectivity index (χ1n) is 12.9. The standard InChI is InChI=1S/C27H32Cl2N6O4S/c1-17-9-10-18-6-4-8-22(25(18)34-17)39-16-19-20(28)11-12-23(24(19)29)40(37,38)35-15-5-7-21(35)26(36)32-13-2-3-14-33-27(30)31/h4,6,8-12,21H,2-3,5,7,13-16H2,1H3,(H,32,36)(H4,30,31,33)/t21-/m0/s1. The largest absolute Gasteiger partial charge is 0.487 e. The van der Waals surface area contributed by atoms with Gasteiger partial charge in [0.05, 0.1) is 5.02 Å². The van der Waals surface area contributed by atoms with Crippen molar-refractivity contribution < 1.29 is 17.9 Å². The van der Waals surface area contributed by atoms with Crippen LogP contribution in [-0.2, 0) is 21.4 Å². The Kier molecular flexibility index (Phi) is 9.72. The number of sulfonamides is 1. The lowest BCUT2D eigenvalue weighted by atomic mass is 10.2. The van der Waals surface area contributed by atoms with Gasteiger partial charge in [0.2, 0.25) is 15.9 Å². The van der Waals surface area contributed by atoms with Crippen LogP contribution >= 0.6 is 23.2 Å². The van der Waals surface area contributed by atoms with Crippen LogP contribution in [0, 0.1) is 6.92 Å². The molecule has 10 nitrogen and oxygen atoms in total. The maximum atomic E-state index is 13.7. The molecular weight excluding hydrogens is 575 g/mol. The number of aryl methyl sites for hydroxylation is 1. The molecule has 0 spiro atoms. The summed E-state index contributed by atoms with van der Waals surface area (Å²) in [4.78, 5) is 21.2. The monoisotopic (exact) mass is 606 g/mol. The molecule has 4 rings (SSSR count). The number of rotatable bonds is 11. The van der Waals surface area contributed by atoms with Crippen LogP contribution in [0.4, 0.5) is 0 Å². The van der Waals surface area contributed by atoms with Crippen molar-refractivity contribution in [3.63, 3.8) is 0 Å². The van der Waals surface area contributed by atoms with Crippen molar-refractivity contribution in [3.05, 3.63) is 63.8 Å². The number of para-hydroxylation sites is 1. The van der Waals surface area contributed by atoms with E-state index in [4.69, 9.17) is 39.4 Å². The first-order valence-corrected chi connectivity index (χ1v) is 15.1. The zero-order valence-electron chi connectivity index (χ0n) is 22.1. The summed E-state index contributed by atoms with van der Waals surface area (Å²) in [6.45, 7) is 2.87. The lowest BCUT2D eigenvalue weighted by Crippen LogP contribution is -2.46. The smallest absolute Gasteiger partial charge is 0.245 e. The molecule has 13 heteroatoms. The minimum Gasteiger partial charge on any atom is -0.487 e. The number of fused-ring (bicyclic) bond motifs is 1. The molecule has 0 unspecified atom stereocenters. The molecule has 1 saturated heterocycles. The van der Waals surface area contributed by atoms with Gasteiger partial charge in [-0.25, -0.2) is 13.4 Å². The number of nitrogens with zero attached hydrogens (tertiary/aromatic N) is 3. The fourth-order valence-electron chi connectivity index (χ4n) is 4.58. The maximum Gasteiger partial charge on any atom is 0.245 e. The third-order valence-electron chi connectivity index (χ3n) is 6.62. The topological polar surface area (TPSA) is 153 Å². The minimum absolute atomic E-state index is 0.0204. The number of halogens is 2. The number of pyridine rings is 1. The molecule has 5 N–H and O–H groups in total. The van der Waals surface area contributed by atoms with Crippen molar-refractivity contribution in [3.8, 4) is 5.75 Å². The number of benzene rings is 2. The number of aliphatic imine (C=N–C) groups is 1. The Balaban J connectivity index is 1.49. The van der Waals surface area contributed by atoms with Gasteiger partial charge in [0.15, 0.2) is 5.96 Å². The molecule has 1 fully saturated rings. The molecule has 1 aliphatic heterocycles. The van der Waals surface area contributed by atoms with E-state index < -0.39 is 16.1 Å². The maximum absolute atomic E-state index is 13.7. The van der Waals surface area contributed by atoms with Gasteiger partial charge in [0.1, 0.15) is 28.8 Å². The van der Waals surface area contributed by atoms with Crippen molar-refractivity contribution >= 4 is 56.0 Å². The van der Waals surface area contributed by atoms with Crippen molar-refractivity contribution in [2.75, 3.05) is 19.6 Å². The summed E-state index contributed by atoms with van der Waals surface area (Å²) in [5.74, 6) is 0.193. The minimum atomic E-state index is -4.11. The van der Waals surface area contributed by atoms with E-state index in [-0.39, 0.29) is 40.0 Å². The molecule has 3 aromatic rings. The highest BCUT2D eigenvalue weighted by Crippen LogP contribution is 2.36. The molecule has 1 amide bonds. The van der Waals surface area contributed by atoms with E-state index in [1.165, 1.54) is 16.4 Å². The van der Waals surface area contributed by atoms with Crippen LogP contribution in [0.5, 0.6) is 5.75 Å². The highest BCUT2D eigenvalue weighted by Gasteiger charge is 2.40. The number of hydrogen-bond acceptors (Lipinski definition) is 6. The normalized spacial score (nSPS) is 15.7. The SMILES string of the molecule is Cc1ccc2cccc(OCc3c(Cl)ccc(S(=O)(=O)N4CCC[C@H]4C(=O)NCCCCN=C(N)N)c3Cl)c2n1. The second kappa shape index (κ2) is 13.0. The molecule has 0 aliphatic carbocycles. The van der Waals surface area contributed by atoms with Crippen LogP contribution in [0.2, 0.25) is 10.0 Å². The summed E-state index contributed by atoms with van der Waals surface area (Å²) in [6, 6.07) is 11.4. The molecule has 1 aliphatic rings. The highest BCUT2D eigenvalue weighted by atomic mass is 35.5. The van der Waals surface area contributed by atoms with Gasteiger partial charge in [0, 0.05) is 41.3 Å². The zero-order chi connectivity index (χ0) is 28.9. The molecule has 40 heavy (non-hydrogen) atoms. The number of ether oxygens (including phenoxy) is 1. The number of amides is 1. The number of carbonyl (C=O) groups excluding carboxylic acids is 1. The van der Waals surface area contributed by atoms with Gasteiger partial charge in [-0.2, -0.15) is 4.31 Å². The van der Waals surface area contributed by atoms with E-state index in [1.807, 2.05) is 31.2 Å². The van der Waals surface area contributed by atoms with Crippen molar-refractivity contribution in [2.45, 2.75) is 50.2 Å². The quantitative estimate of drug-likeness (QED) is 0.171. The third-order valence-corrected chi connectivity index (χ3v) is 9.46. The van der Waals surface area contributed by atoms with Gasteiger partial charge in [-0.1, -0.05) is 41.4 Å². The highest BCUT2D eigenvalue weighted by molar-refractivity contribution is 7.89. The van der Waals surface area contributed by atoms with Gasteiger partial charge in [0.25, 0.3) is 0 Å². The second-order valence-corrected chi connectivity index (χ2v) is 12.1. The predicted molar refractivity (Wildman–Crippen MR) is 157 cm³/mol. The molecule has 2 heterocycles. The Morgan fingerprint density at radius 3 is 2.75 bits per heavy atom. The summed E-state index contributed by atoms with van der Waals surface area (Å²) in [6.07, 6.45) is 2.30. The lowest BCUT2D eigenvalue weighted by molar-refractivity contribution is -0.124. The average molecular weight is 608 g/mol. The van der Waals surface area contributed by atoms with Crippen molar-refractivity contribution in [2.24, 2.45) is 16.5 Å². The van der Waals surface area contributed by atoms with Crippen LogP contribution in [0.3, 0.4) is 0 Å². The van der Waals surface area contributed by atoms with E-state index in [9.17, 15) is 13.2 Å². The van der Waals surface area contributed by atoms with Crippen LogP contribution in [0.1, 0.15) is 36.9 Å². The average Bonchev–Trinajstić information content (AvgIpc) is 3.41. The van der Waals surface area contributed by atoms with E-state index in [2.05, 4.69) is 15.3 Å². The third kappa shape index (κ3) is 6.77. The number of unbranched alkanes of at least 4 members (excludes halogenated alkanes) is 1. The van der Waals surface area contributed by atoms with Crippen LogP contribution < -0.4 is 21.5 Å². The summed E-state index contributed by atoms with van der Waals surface area (Å²) in [5.41, 5.74) is 12.5. The van der Waals surface area contributed by atoms with Crippen LogP contribution in [0.15, 0.2) is 52.4 Å². The van der Waals surface area contributed by atoms with E-state index in [0.717, 1.165) is 11.1 Å². The van der Waals surface area contributed by atoms with E-state index in [1.54, 1.807) is 6.07 Å². The number of carbonyl (C=O) groups is 1. The number of hydrogen-bond donors (Lipinski definition) is 3. The predicted octanol–water partition coefficient (Wildman–Crippen LogP) is 3.75. The lowest BCUT2D eigenvalue weighted by Gasteiger charge is -2.24. The van der Waals surface area contributed by atoms with Gasteiger partial charge >= 0.3 is 0 Å². The molecule has 214 valence electrons. The Morgan fingerprint density at radius 2 is 1.98 bits per heavy atom. The summed E-state index contributed by atoms with van der Waals surface area (Å²) >= 11 is 13.1. The number of nitrogens with two attached hydrogens (primary N) is 2. The molecule has 0 radical (unpaired) electrons. The number of aromatic nitrogens is 1. The van der Waals surface area contributed by atoms with E-state index in [0.29, 0.717) is 55.6 Å². The Labute approximate surface area is 243 Å². The summed E-state index contributed by atoms with van der Waals surface area (Å²) < 4.78 is 34.7. The summed E-state index contributed by atoms with van der Waals surface area (Å²) in [5, 5.41) is 3.96. The first-order chi connectivity index (χ1) is 19.1. The van der Waals surface area contributed by atoms with Gasteiger partial charge in [-0.05, 0) is 56.9 Å². The fraction of sp³-hybridized carbons (Fsp3) is 0.370. The van der Waals surface area contributed by atoms with Gasteiger partial charge < -0.3 is 21.5 Å². The molecule has 1 aromatic heterocycles. The molecule has 0 bridgehead atoms. The van der Waals surface area contributed by atoms with Gasteiger partial charge in [-0.15, -0.1) is 0 Å². The second-order valence-electron chi connectivity index (χ2n) is 9.49. The Hall–Kier alpha value is -3.12. The zero-order valence-corrected chi connectivity index (χ0v) is 24.4. The van der Waals surface area contributed by atoms with E-state index >= 15 is 0 Å². The fourth-order valence-corrected chi connectivity index (χ4v) is 7.10. The first kappa shape index (κ1) is 29.9. The molecule has 1 atom stereocenters. The van der Waals surface area contributed by atoms with Gasteiger partial charge in [-0.3, -0.25) is 9.79 Å². The number of nitrogens with one attached hydrogen (secondary N) is 1. The number of guanidine groups is 1. The Morgan fingerprint density at radius 1 is 1.18 bits per heavy atom. The van der Waals surface area contributed by atoms with Crippen molar-refractivity contribution in [1.29, 1.82) is 0 Å². The molecular formula is C27H32Cl2N6O4S. The Bertz CT molecular complexity index is 1530.